The van der Waals surface area contributed by atoms with Crippen molar-refractivity contribution in [3.63, 3.8) is 0 Å². The maximum atomic E-state index is 14.3. The molecule has 210 valence electrons. The van der Waals surface area contributed by atoms with Gasteiger partial charge in [0, 0.05) is 12.2 Å². The number of amides is 2. The highest BCUT2D eigenvalue weighted by atomic mass is 16.5. The van der Waals surface area contributed by atoms with Gasteiger partial charge in [0.15, 0.2) is 11.5 Å². The number of ether oxygens (including phenoxy) is 2. The van der Waals surface area contributed by atoms with Gasteiger partial charge in [-0.2, -0.15) is 0 Å². The van der Waals surface area contributed by atoms with Gasteiger partial charge in [-0.3, -0.25) is 14.5 Å². The van der Waals surface area contributed by atoms with Crippen molar-refractivity contribution in [1.82, 2.24) is 20.3 Å². The molecule has 1 heterocycles. The molecule has 0 spiro atoms. The first-order valence-corrected chi connectivity index (χ1v) is 13.4. The first-order chi connectivity index (χ1) is 19.2. The third kappa shape index (κ3) is 6.25. The highest BCUT2D eigenvalue weighted by Gasteiger charge is 2.34. The summed E-state index contributed by atoms with van der Waals surface area (Å²) in [4.78, 5) is 29.9. The zero-order chi connectivity index (χ0) is 28.8. The van der Waals surface area contributed by atoms with Crippen LogP contribution in [0.4, 0.5) is 5.69 Å². The number of anilines is 1. The second-order valence-electron chi connectivity index (χ2n) is 10.3. The number of carbonyl (C=O) groups excluding carboxylic acids is 2. The van der Waals surface area contributed by atoms with Crippen molar-refractivity contribution in [3.05, 3.63) is 77.4 Å². The molecule has 9 heteroatoms. The van der Waals surface area contributed by atoms with E-state index in [1.807, 2.05) is 56.3 Å². The Morgan fingerprint density at radius 3 is 2.45 bits per heavy atom. The van der Waals surface area contributed by atoms with Crippen LogP contribution in [0, 0.1) is 19.8 Å². The summed E-state index contributed by atoms with van der Waals surface area (Å²) in [6.45, 7) is 8.49. The summed E-state index contributed by atoms with van der Waals surface area (Å²) >= 11 is 0. The Kier molecular flexibility index (Phi) is 9.04. The van der Waals surface area contributed by atoms with Crippen LogP contribution in [-0.4, -0.2) is 47.6 Å². The molecule has 0 radical (unpaired) electrons. The van der Waals surface area contributed by atoms with Gasteiger partial charge in [0.25, 0.3) is 0 Å². The van der Waals surface area contributed by atoms with Crippen molar-refractivity contribution in [2.45, 2.75) is 46.7 Å². The monoisotopic (exact) mass is 543 g/mol. The number of carbonyl (C=O) groups is 2. The van der Waals surface area contributed by atoms with Crippen LogP contribution in [-0.2, 0) is 16.1 Å². The van der Waals surface area contributed by atoms with Crippen LogP contribution in [0.1, 0.15) is 43.0 Å². The fourth-order valence-electron chi connectivity index (χ4n) is 4.66. The molecule has 0 aliphatic heterocycles. The Morgan fingerprint density at radius 1 is 0.975 bits per heavy atom. The van der Waals surface area contributed by atoms with Crippen molar-refractivity contribution in [2.75, 3.05) is 25.7 Å². The van der Waals surface area contributed by atoms with E-state index in [2.05, 4.69) is 29.5 Å². The highest BCUT2D eigenvalue weighted by Crippen LogP contribution is 2.36. The van der Waals surface area contributed by atoms with Gasteiger partial charge in [-0.15, -0.1) is 5.10 Å². The van der Waals surface area contributed by atoms with E-state index < -0.39 is 6.04 Å². The molecule has 0 fully saturated rings. The molecular weight excluding hydrogens is 506 g/mol. The maximum Gasteiger partial charge on any atom is 0.249 e. The van der Waals surface area contributed by atoms with Gasteiger partial charge in [0.05, 0.1) is 19.7 Å². The number of methoxy groups -OCH3 is 2. The summed E-state index contributed by atoms with van der Waals surface area (Å²) in [6.07, 6.45) is 0.812. The van der Waals surface area contributed by atoms with Gasteiger partial charge in [-0.1, -0.05) is 49.4 Å². The Hall–Kier alpha value is -4.40. The summed E-state index contributed by atoms with van der Waals surface area (Å²) in [7, 11) is 3.10. The molecule has 0 aliphatic rings. The van der Waals surface area contributed by atoms with Crippen LogP contribution in [0.25, 0.3) is 11.0 Å². The first-order valence-electron chi connectivity index (χ1n) is 13.4. The van der Waals surface area contributed by atoms with Crippen LogP contribution >= 0.6 is 0 Å². The number of nitrogens with one attached hydrogen (secondary N) is 1. The van der Waals surface area contributed by atoms with E-state index in [0.717, 1.165) is 23.1 Å². The molecule has 4 rings (SSSR count). The second kappa shape index (κ2) is 12.6. The van der Waals surface area contributed by atoms with E-state index in [1.165, 1.54) is 0 Å². The third-order valence-electron chi connectivity index (χ3n) is 6.85. The zero-order valence-electron chi connectivity index (χ0n) is 24.0. The Bertz CT molecular complexity index is 1500. The third-order valence-corrected chi connectivity index (χ3v) is 6.85. The lowest BCUT2D eigenvalue weighted by molar-refractivity contribution is -0.127. The molecule has 0 saturated heterocycles. The van der Waals surface area contributed by atoms with Gasteiger partial charge >= 0.3 is 0 Å². The number of fused-ring (bicyclic) bond motifs is 1. The number of aromatic nitrogens is 3. The standard InChI is InChI=1S/C31H37N5O4/c1-20(2)15-16-32-31(38)30(23-13-14-27(39-5)28(18-23)40-6)36(26-17-21(3)11-12-22(26)4)29(37)19-35-25-10-8-7-9-24(25)33-34-35/h7-14,17-18,20,30H,15-16,19H2,1-6H3,(H,32,38)/t30-/m1/s1. The number of hydrogen-bond acceptors (Lipinski definition) is 6. The molecule has 3 aromatic carbocycles. The van der Waals surface area contributed by atoms with Crippen molar-refractivity contribution in [3.8, 4) is 11.5 Å². The molecule has 1 N–H and O–H groups in total. The Morgan fingerprint density at radius 2 is 1.73 bits per heavy atom. The normalized spacial score (nSPS) is 11.9. The molecule has 1 aromatic heterocycles. The van der Waals surface area contributed by atoms with E-state index in [-0.39, 0.29) is 18.4 Å². The molecule has 0 saturated carbocycles. The number of benzene rings is 3. The lowest BCUT2D eigenvalue weighted by Crippen LogP contribution is -2.46. The average molecular weight is 544 g/mol. The van der Waals surface area contributed by atoms with Crippen molar-refractivity contribution < 1.29 is 19.1 Å². The van der Waals surface area contributed by atoms with Crippen LogP contribution in [0.5, 0.6) is 11.5 Å². The summed E-state index contributed by atoms with van der Waals surface area (Å²) in [5, 5.41) is 11.5. The minimum atomic E-state index is -0.977. The zero-order valence-corrected chi connectivity index (χ0v) is 24.0. The molecule has 40 heavy (non-hydrogen) atoms. The fraction of sp³-hybridized carbons (Fsp3) is 0.355. The van der Waals surface area contributed by atoms with Crippen LogP contribution in [0.15, 0.2) is 60.7 Å². The molecular formula is C31H37N5O4. The van der Waals surface area contributed by atoms with Gasteiger partial charge in [0.1, 0.15) is 18.1 Å². The minimum absolute atomic E-state index is 0.100. The Labute approximate surface area is 235 Å². The Balaban J connectivity index is 1.85. The lowest BCUT2D eigenvalue weighted by atomic mass is 10.00. The molecule has 0 unspecified atom stereocenters. The number of nitrogens with zero attached hydrogens (tertiary/aromatic N) is 4. The van der Waals surface area contributed by atoms with E-state index in [4.69, 9.17) is 9.47 Å². The van der Waals surface area contributed by atoms with Crippen molar-refractivity contribution >= 4 is 28.5 Å². The van der Waals surface area contributed by atoms with E-state index in [0.29, 0.717) is 40.7 Å². The predicted molar refractivity (Wildman–Crippen MR) is 156 cm³/mol. The number of hydrogen-bond donors (Lipinski definition) is 1. The molecule has 2 amide bonds. The summed E-state index contributed by atoms with van der Waals surface area (Å²) in [5.41, 5.74) is 4.50. The first kappa shape index (κ1) is 28.6. The number of aryl methyl sites for hydroxylation is 2. The number of para-hydroxylation sites is 1. The topological polar surface area (TPSA) is 98.6 Å². The highest BCUT2D eigenvalue weighted by molar-refractivity contribution is 6.02. The average Bonchev–Trinajstić information content (AvgIpc) is 3.35. The van der Waals surface area contributed by atoms with E-state index >= 15 is 0 Å². The summed E-state index contributed by atoms with van der Waals surface area (Å²) in [5.74, 6) is 0.824. The second-order valence-corrected chi connectivity index (χ2v) is 10.3. The lowest BCUT2D eigenvalue weighted by Gasteiger charge is -2.33. The van der Waals surface area contributed by atoms with Crippen LogP contribution < -0.4 is 19.7 Å². The predicted octanol–water partition coefficient (Wildman–Crippen LogP) is 5.00. The van der Waals surface area contributed by atoms with Gasteiger partial charge < -0.3 is 14.8 Å². The largest absolute Gasteiger partial charge is 0.493 e. The van der Waals surface area contributed by atoms with E-state index in [9.17, 15) is 9.59 Å². The van der Waals surface area contributed by atoms with Crippen molar-refractivity contribution in [1.29, 1.82) is 0 Å². The summed E-state index contributed by atoms with van der Waals surface area (Å²) in [6, 6.07) is 17.7. The van der Waals surface area contributed by atoms with Gasteiger partial charge in [0.2, 0.25) is 11.8 Å². The van der Waals surface area contributed by atoms with Crippen molar-refractivity contribution in [2.24, 2.45) is 5.92 Å². The molecule has 0 aliphatic carbocycles. The molecule has 9 nitrogen and oxygen atoms in total. The van der Waals surface area contributed by atoms with Gasteiger partial charge in [-0.25, -0.2) is 4.68 Å². The van der Waals surface area contributed by atoms with Crippen LogP contribution in [0.2, 0.25) is 0 Å². The quantitative estimate of drug-likeness (QED) is 0.286. The number of rotatable bonds is 11. The maximum absolute atomic E-state index is 14.3. The van der Waals surface area contributed by atoms with Gasteiger partial charge in [-0.05, 0) is 73.2 Å². The smallest absolute Gasteiger partial charge is 0.249 e. The molecule has 1 atom stereocenters. The SMILES string of the molecule is COc1ccc([C@H](C(=O)NCCC(C)C)N(C(=O)Cn2nnc3ccccc32)c2cc(C)ccc2C)cc1OC. The summed E-state index contributed by atoms with van der Waals surface area (Å²) < 4.78 is 12.6. The van der Waals surface area contributed by atoms with E-state index in [1.54, 1.807) is 42.0 Å². The molecule has 4 aromatic rings. The minimum Gasteiger partial charge on any atom is -0.493 e. The fourth-order valence-corrected chi connectivity index (χ4v) is 4.66. The van der Waals surface area contributed by atoms with Crippen LogP contribution in [0.3, 0.4) is 0 Å². The molecule has 0 bridgehead atoms.